The first kappa shape index (κ1) is 46.7. The molecule has 0 aliphatic rings. The molecule has 41 heavy (non-hydrogen) atoms. The zero-order valence-corrected chi connectivity index (χ0v) is 26.9. The molecule has 0 spiro atoms. The van der Waals surface area contributed by atoms with Crippen LogP contribution in [0.15, 0.2) is 0 Å². The van der Waals surface area contributed by atoms with E-state index in [1.54, 1.807) is 0 Å². The fourth-order valence-corrected chi connectivity index (χ4v) is 5.51. The number of hydrogen-bond acceptors (Lipinski definition) is 3. The maximum absolute atomic E-state index is 11.9. The van der Waals surface area contributed by atoms with E-state index < -0.39 is 0 Å². The molecule has 0 aromatic heterocycles. The van der Waals surface area contributed by atoms with Gasteiger partial charge in [-0.15, -0.1) is 0 Å². The molecule has 0 amide bonds. The molecule has 0 aromatic rings. The van der Waals surface area contributed by atoms with Crippen molar-refractivity contribution >= 4 is 80.7 Å². The predicted molar refractivity (Wildman–Crippen MR) is 187 cm³/mol. The minimum atomic E-state index is -0.323. The van der Waals surface area contributed by atoms with Gasteiger partial charge in [-0.1, -0.05) is 194 Å². The van der Waals surface area contributed by atoms with Crippen molar-refractivity contribution in [1.82, 2.24) is 0 Å². The van der Waals surface area contributed by atoms with Gasteiger partial charge in [0.2, 0.25) is 0 Å². The second-order valence-electron chi connectivity index (χ2n) is 12.2. The Labute approximate surface area is 311 Å². The molecule has 5 heteroatoms. The molecular weight excluding hydrogens is 546 g/mol. The Balaban J connectivity index is -0.00000722. The van der Waals surface area contributed by atoms with E-state index in [9.17, 15) is 9.59 Å². The topological polar surface area (TPSA) is 43.4 Å². The zero-order chi connectivity index (χ0) is 28.5. The molecule has 0 saturated carbocycles. The second-order valence-corrected chi connectivity index (χ2v) is 12.2. The number of carbonyl (C=O) groups is 2. The van der Waals surface area contributed by atoms with Crippen LogP contribution in [0.4, 0.5) is 0 Å². The summed E-state index contributed by atoms with van der Waals surface area (Å²) in [6, 6.07) is 0. The summed E-state index contributed by atoms with van der Waals surface area (Å²) >= 11 is 0. The standard InChI is InChI=1S/C36H70O3.Al.K.4H/c1-3-5-7-9-11-13-15-17-19-21-23-25-27-29-31-33-35(37)39-36(38)34-32-30-28-26-24-22-20-18-16-14-12-10-8-6-4-2;;;;;;/h3-34H2,1-2H3;;;;;;. The molecule has 0 heterocycles. The van der Waals surface area contributed by atoms with E-state index in [1.165, 1.54) is 167 Å². The predicted octanol–water partition coefficient (Wildman–Crippen LogP) is 10.7. The second kappa shape index (κ2) is 41.3. The molecule has 0 radical (unpaired) electrons. The first-order chi connectivity index (χ1) is 19.2. The minimum absolute atomic E-state index is 0. The van der Waals surface area contributed by atoms with Gasteiger partial charge in [0.15, 0.2) is 17.4 Å². The number of carbonyl (C=O) groups excluding carboxylic acids is 2. The van der Waals surface area contributed by atoms with E-state index in [2.05, 4.69) is 13.8 Å². The molecule has 0 N–H and O–H groups in total. The Bertz CT molecular complexity index is 471. The van der Waals surface area contributed by atoms with E-state index in [0.717, 1.165) is 25.7 Å². The van der Waals surface area contributed by atoms with Crippen molar-refractivity contribution in [2.45, 2.75) is 219 Å². The molecule has 0 rings (SSSR count). The number of unbranched alkanes of at least 4 members (excludes halogenated alkanes) is 28. The molecule has 0 fully saturated rings. The van der Waals surface area contributed by atoms with Crippen LogP contribution in [0.3, 0.4) is 0 Å². The zero-order valence-electron chi connectivity index (χ0n) is 26.9. The van der Waals surface area contributed by atoms with Crippen LogP contribution in [-0.2, 0) is 14.3 Å². The quantitative estimate of drug-likeness (QED) is 0.0325. The van der Waals surface area contributed by atoms with E-state index >= 15 is 0 Å². The average molecular weight is 621 g/mol. The number of ether oxygens (including phenoxy) is 1. The summed E-state index contributed by atoms with van der Waals surface area (Å²) in [4.78, 5) is 23.8. The number of hydrogen-bond donors (Lipinski definition) is 0. The van der Waals surface area contributed by atoms with Crippen LogP contribution in [0.5, 0.6) is 0 Å². The van der Waals surface area contributed by atoms with Crippen LogP contribution in [0.2, 0.25) is 0 Å². The number of esters is 2. The third-order valence-corrected chi connectivity index (χ3v) is 8.20. The van der Waals surface area contributed by atoms with Gasteiger partial charge < -0.3 is 4.74 Å². The molecule has 0 aromatic carbocycles. The Hall–Kier alpha value is 1.31. The molecule has 0 aliphatic carbocycles. The summed E-state index contributed by atoms with van der Waals surface area (Å²) in [7, 11) is 0. The van der Waals surface area contributed by atoms with Gasteiger partial charge in [-0.05, 0) is 12.8 Å². The monoisotopic (exact) mass is 621 g/mol. The van der Waals surface area contributed by atoms with Gasteiger partial charge in [-0.2, -0.15) is 0 Å². The Morgan fingerprint density at radius 2 is 0.512 bits per heavy atom. The van der Waals surface area contributed by atoms with Gasteiger partial charge >= 0.3 is 63.3 Å². The molecule has 0 saturated heterocycles. The fourth-order valence-electron chi connectivity index (χ4n) is 5.51. The first-order valence-corrected chi connectivity index (χ1v) is 17.9. The van der Waals surface area contributed by atoms with E-state index in [1.807, 2.05) is 0 Å². The van der Waals surface area contributed by atoms with Gasteiger partial charge in [0, 0.05) is 12.8 Å². The third kappa shape index (κ3) is 41.3. The van der Waals surface area contributed by atoms with Crippen molar-refractivity contribution in [3.05, 3.63) is 0 Å². The molecular formula is C36H74AlKO3. The fraction of sp³-hybridized carbons (Fsp3) is 0.944. The van der Waals surface area contributed by atoms with Crippen LogP contribution in [0, 0.1) is 0 Å². The summed E-state index contributed by atoms with van der Waals surface area (Å²) < 4.78 is 5.01. The van der Waals surface area contributed by atoms with Gasteiger partial charge in [0.1, 0.15) is 0 Å². The Morgan fingerprint density at radius 3 is 0.707 bits per heavy atom. The molecule has 0 aliphatic heterocycles. The molecule has 240 valence electrons. The van der Waals surface area contributed by atoms with Crippen molar-refractivity contribution in [2.75, 3.05) is 0 Å². The van der Waals surface area contributed by atoms with Crippen LogP contribution in [0.1, 0.15) is 219 Å². The van der Waals surface area contributed by atoms with E-state index in [0.29, 0.717) is 12.8 Å². The average Bonchev–Trinajstić information content (AvgIpc) is 2.93. The summed E-state index contributed by atoms with van der Waals surface area (Å²) in [5, 5.41) is 0. The van der Waals surface area contributed by atoms with Crippen LogP contribution < -0.4 is 0 Å². The third-order valence-electron chi connectivity index (χ3n) is 8.20. The molecule has 3 nitrogen and oxygen atoms in total. The molecule has 0 bridgehead atoms. The summed E-state index contributed by atoms with van der Waals surface area (Å²) in [6.07, 6.45) is 40.1. The molecule has 0 atom stereocenters. The normalized spacial score (nSPS) is 10.7. The van der Waals surface area contributed by atoms with Crippen molar-refractivity contribution in [3.63, 3.8) is 0 Å². The van der Waals surface area contributed by atoms with Crippen LogP contribution in [0.25, 0.3) is 0 Å². The van der Waals surface area contributed by atoms with E-state index in [4.69, 9.17) is 4.74 Å². The summed E-state index contributed by atoms with van der Waals surface area (Å²) in [5.74, 6) is -0.647. The van der Waals surface area contributed by atoms with Gasteiger partial charge in [-0.25, -0.2) is 0 Å². The van der Waals surface area contributed by atoms with Gasteiger partial charge in [0.25, 0.3) is 0 Å². The first-order valence-electron chi connectivity index (χ1n) is 17.9. The van der Waals surface area contributed by atoms with Gasteiger partial charge in [-0.3, -0.25) is 9.59 Å². The Kier molecular flexibility index (Phi) is 47.1. The SMILES string of the molecule is CCCCCCCCCCCCCCCCCC(=O)OC(=O)CCCCCCCCCCCCCCCCC.[AlH3].[KH]. The van der Waals surface area contributed by atoms with Crippen LogP contribution in [-0.4, -0.2) is 80.7 Å². The molecule has 0 unspecified atom stereocenters. The maximum atomic E-state index is 11.9. The van der Waals surface area contributed by atoms with Gasteiger partial charge in [0.05, 0.1) is 0 Å². The Morgan fingerprint density at radius 1 is 0.341 bits per heavy atom. The van der Waals surface area contributed by atoms with Crippen LogP contribution >= 0.6 is 0 Å². The van der Waals surface area contributed by atoms with Crippen molar-refractivity contribution in [2.24, 2.45) is 0 Å². The van der Waals surface area contributed by atoms with Crippen molar-refractivity contribution in [3.8, 4) is 0 Å². The summed E-state index contributed by atoms with van der Waals surface area (Å²) in [6.45, 7) is 4.55. The van der Waals surface area contributed by atoms with Crippen molar-refractivity contribution in [1.29, 1.82) is 0 Å². The summed E-state index contributed by atoms with van der Waals surface area (Å²) in [5.41, 5.74) is 0. The number of rotatable bonds is 32. The van der Waals surface area contributed by atoms with Crippen molar-refractivity contribution < 1.29 is 14.3 Å². The van der Waals surface area contributed by atoms with E-state index in [-0.39, 0.29) is 80.7 Å².